The van der Waals surface area contributed by atoms with Crippen LogP contribution in [0, 0.1) is 6.92 Å². The molecule has 0 atom stereocenters. The van der Waals surface area contributed by atoms with E-state index in [-0.39, 0.29) is 12.2 Å². The van der Waals surface area contributed by atoms with Crippen molar-refractivity contribution in [1.29, 1.82) is 0 Å². The molecule has 1 saturated heterocycles. The minimum atomic E-state index is -4.53. The number of morpholine rings is 1. The normalized spacial score (nSPS) is 14.4. The van der Waals surface area contributed by atoms with E-state index in [1.54, 1.807) is 0 Å². The lowest BCUT2D eigenvalue weighted by molar-refractivity contribution is -0.137. The van der Waals surface area contributed by atoms with Crippen LogP contribution in [-0.4, -0.2) is 52.4 Å². The third kappa shape index (κ3) is 5.05. The predicted molar refractivity (Wildman–Crippen MR) is 111 cm³/mol. The highest BCUT2D eigenvalue weighted by Gasteiger charge is 2.32. The van der Waals surface area contributed by atoms with E-state index in [4.69, 9.17) is 4.74 Å². The molecule has 4 rings (SSSR count). The number of rotatable bonds is 5. The number of hydrogen-bond donors (Lipinski definition) is 1. The highest BCUT2D eigenvalue weighted by atomic mass is 19.4. The summed E-state index contributed by atoms with van der Waals surface area (Å²) in [6.45, 7) is 3.60. The van der Waals surface area contributed by atoms with Gasteiger partial charge in [-0.3, -0.25) is 4.79 Å². The minimum absolute atomic E-state index is 0.0746. The third-order valence-corrected chi connectivity index (χ3v) is 5.00. The average Bonchev–Trinajstić information content (AvgIpc) is 3.22. The lowest BCUT2D eigenvalue weighted by atomic mass is 10.1. The van der Waals surface area contributed by atoms with Crippen LogP contribution in [0.4, 0.5) is 24.5 Å². The van der Waals surface area contributed by atoms with Crippen molar-refractivity contribution in [2.45, 2.75) is 19.6 Å². The number of halogens is 3. The third-order valence-electron chi connectivity index (χ3n) is 5.00. The van der Waals surface area contributed by atoms with Crippen molar-refractivity contribution in [2.24, 2.45) is 0 Å². The summed E-state index contributed by atoms with van der Waals surface area (Å²) >= 11 is 0. The molecule has 11 heteroatoms. The average molecular weight is 446 g/mol. The Morgan fingerprint density at radius 3 is 2.53 bits per heavy atom. The lowest BCUT2D eigenvalue weighted by Gasteiger charge is -2.31. The van der Waals surface area contributed by atoms with Gasteiger partial charge in [0.15, 0.2) is 0 Å². The molecule has 168 valence electrons. The van der Waals surface area contributed by atoms with Crippen LogP contribution >= 0.6 is 0 Å². The van der Waals surface area contributed by atoms with Gasteiger partial charge >= 0.3 is 6.18 Å². The van der Waals surface area contributed by atoms with E-state index in [0.29, 0.717) is 37.8 Å². The van der Waals surface area contributed by atoms with E-state index in [2.05, 4.69) is 20.7 Å². The van der Waals surface area contributed by atoms with Crippen LogP contribution in [0.5, 0.6) is 0 Å². The zero-order chi connectivity index (χ0) is 22.7. The highest BCUT2D eigenvalue weighted by Crippen LogP contribution is 2.35. The van der Waals surface area contributed by atoms with E-state index in [0.717, 1.165) is 28.1 Å². The van der Waals surface area contributed by atoms with E-state index < -0.39 is 17.6 Å². The molecule has 1 aliphatic heterocycles. The number of tetrazole rings is 1. The maximum absolute atomic E-state index is 13.2. The van der Waals surface area contributed by atoms with Crippen molar-refractivity contribution in [3.8, 4) is 11.4 Å². The van der Waals surface area contributed by atoms with Crippen LogP contribution < -0.4 is 10.2 Å². The minimum Gasteiger partial charge on any atom is -0.378 e. The van der Waals surface area contributed by atoms with Crippen LogP contribution in [0.2, 0.25) is 0 Å². The van der Waals surface area contributed by atoms with Crippen LogP contribution in [0.15, 0.2) is 42.5 Å². The van der Waals surface area contributed by atoms with Crippen molar-refractivity contribution < 1.29 is 22.7 Å². The van der Waals surface area contributed by atoms with E-state index in [9.17, 15) is 18.0 Å². The molecule has 3 aromatic rings. The van der Waals surface area contributed by atoms with Gasteiger partial charge in [-0.2, -0.15) is 18.0 Å². The number of alkyl halides is 3. The molecule has 0 radical (unpaired) electrons. The number of hydrogen-bond acceptors (Lipinski definition) is 6. The Morgan fingerprint density at radius 2 is 1.84 bits per heavy atom. The van der Waals surface area contributed by atoms with Gasteiger partial charge in [0.25, 0.3) is 0 Å². The van der Waals surface area contributed by atoms with Gasteiger partial charge in [-0.25, -0.2) is 0 Å². The maximum Gasteiger partial charge on any atom is 0.416 e. The maximum atomic E-state index is 13.2. The molecule has 1 aromatic heterocycles. The molecule has 1 fully saturated rings. The predicted octanol–water partition coefficient (Wildman–Crippen LogP) is 3.14. The Labute approximate surface area is 182 Å². The molecule has 0 spiro atoms. The van der Waals surface area contributed by atoms with Crippen molar-refractivity contribution in [3.05, 3.63) is 53.6 Å². The van der Waals surface area contributed by atoms with E-state index in [1.807, 2.05) is 36.1 Å². The van der Waals surface area contributed by atoms with Gasteiger partial charge in [-0.05, 0) is 30.3 Å². The Kier molecular flexibility index (Phi) is 6.08. The van der Waals surface area contributed by atoms with Crippen LogP contribution in [0.1, 0.15) is 11.1 Å². The van der Waals surface area contributed by atoms with Crippen LogP contribution in [0.25, 0.3) is 11.4 Å². The first-order valence-electron chi connectivity index (χ1n) is 9.98. The fraction of sp³-hybridized carbons (Fsp3) is 0.333. The Hall–Kier alpha value is -3.47. The molecular weight excluding hydrogens is 425 g/mol. The van der Waals surface area contributed by atoms with Gasteiger partial charge in [0, 0.05) is 18.7 Å². The largest absolute Gasteiger partial charge is 0.416 e. The summed E-state index contributed by atoms with van der Waals surface area (Å²) in [5, 5.41) is 14.6. The molecule has 1 amide bonds. The second-order valence-electron chi connectivity index (χ2n) is 7.39. The zero-order valence-corrected chi connectivity index (χ0v) is 17.3. The molecule has 1 N–H and O–H groups in total. The molecular formula is C21H21F3N6O2. The monoisotopic (exact) mass is 446 g/mol. The number of carbonyl (C=O) groups excluding carboxylic acids is 1. The topological polar surface area (TPSA) is 85.2 Å². The van der Waals surface area contributed by atoms with Gasteiger partial charge in [0.2, 0.25) is 11.7 Å². The van der Waals surface area contributed by atoms with Gasteiger partial charge in [0.1, 0.15) is 6.54 Å². The first kappa shape index (κ1) is 21.8. The van der Waals surface area contributed by atoms with Crippen molar-refractivity contribution >= 4 is 17.3 Å². The quantitative estimate of drug-likeness (QED) is 0.648. The van der Waals surface area contributed by atoms with Crippen LogP contribution in [-0.2, 0) is 22.3 Å². The summed E-state index contributed by atoms with van der Waals surface area (Å²) in [5.74, 6) is -0.211. The molecule has 32 heavy (non-hydrogen) atoms. The summed E-state index contributed by atoms with van der Waals surface area (Å²) in [5.41, 5.74) is 1.56. The number of benzene rings is 2. The second kappa shape index (κ2) is 8.95. The van der Waals surface area contributed by atoms with Crippen molar-refractivity contribution in [2.75, 3.05) is 36.5 Å². The first-order chi connectivity index (χ1) is 15.3. The molecule has 0 unspecified atom stereocenters. The molecule has 2 aromatic carbocycles. The first-order valence-corrected chi connectivity index (χ1v) is 9.98. The summed E-state index contributed by atoms with van der Waals surface area (Å²) in [4.78, 5) is 15.6. The van der Waals surface area contributed by atoms with E-state index >= 15 is 0 Å². The summed E-state index contributed by atoms with van der Waals surface area (Å²) < 4.78 is 45.0. The Balaban J connectivity index is 1.52. The fourth-order valence-electron chi connectivity index (χ4n) is 3.34. The summed E-state index contributed by atoms with van der Waals surface area (Å²) in [6, 6.07) is 10.8. The standard InChI is InChI=1S/C21H21F3N6O2/c1-14-2-4-15(5-3-14)20-26-28-30(27-20)13-19(31)25-17-12-16(21(22,23)24)6-7-18(17)29-8-10-32-11-9-29/h2-7,12H,8-11,13H2,1H3,(H,25,31). The lowest BCUT2D eigenvalue weighted by Crippen LogP contribution is -2.37. The van der Waals surface area contributed by atoms with Gasteiger partial charge in [0.05, 0.1) is 30.2 Å². The van der Waals surface area contributed by atoms with Crippen LogP contribution in [0.3, 0.4) is 0 Å². The fourth-order valence-corrected chi connectivity index (χ4v) is 3.34. The van der Waals surface area contributed by atoms with Gasteiger partial charge < -0.3 is 15.0 Å². The zero-order valence-electron chi connectivity index (χ0n) is 17.3. The van der Waals surface area contributed by atoms with Gasteiger partial charge in [-0.1, -0.05) is 29.8 Å². The highest BCUT2D eigenvalue weighted by molar-refractivity contribution is 5.94. The van der Waals surface area contributed by atoms with E-state index in [1.165, 1.54) is 6.07 Å². The van der Waals surface area contributed by atoms with Gasteiger partial charge in [-0.15, -0.1) is 10.2 Å². The second-order valence-corrected chi connectivity index (χ2v) is 7.39. The molecule has 0 bridgehead atoms. The smallest absolute Gasteiger partial charge is 0.378 e. The summed E-state index contributed by atoms with van der Waals surface area (Å²) in [7, 11) is 0. The number of nitrogens with one attached hydrogen (secondary N) is 1. The molecule has 0 aliphatic carbocycles. The number of aromatic nitrogens is 4. The number of amides is 1. The molecule has 2 heterocycles. The number of carbonyl (C=O) groups is 1. The number of ether oxygens (including phenoxy) is 1. The summed E-state index contributed by atoms with van der Waals surface area (Å²) in [6.07, 6.45) is -4.53. The van der Waals surface area contributed by atoms with Crippen molar-refractivity contribution in [1.82, 2.24) is 20.2 Å². The molecule has 8 nitrogen and oxygen atoms in total. The Bertz CT molecular complexity index is 1090. The Morgan fingerprint density at radius 1 is 1.12 bits per heavy atom. The number of aryl methyl sites for hydroxylation is 1. The van der Waals surface area contributed by atoms with Crippen molar-refractivity contribution in [3.63, 3.8) is 0 Å². The molecule has 1 aliphatic rings. The number of anilines is 2. The SMILES string of the molecule is Cc1ccc(-c2nnn(CC(=O)Nc3cc(C(F)(F)F)ccc3N3CCOCC3)n2)cc1. The molecule has 0 saturated carbocycles. The number of nitrogens with zero attached hydrogens (tertiary/aromatic N) is 5.